The summed E-state index contributed by atoms with van der Waals surface area (Å²) in [6, 6.07) is -1.06. The molecule has 2 unspecified atom stereocenters. The molecule has 20 heavy (non-hydrogen) atoms. The van der Waals surface area contributed by atoms with Crippen molar-refractivity contribution in [3.8, 4) is 0 Å². The zero-order chi connectivity index (χ0) is 15.3. The first-order chi connectivity index (χ1) is 9.42. The van der Waals surface area contributed by atoms with Crippen LogP contribution in [0.5, 0.6) is 0 Å². The molecular weight excluding hydrogens is 328 g/mol. The van der Waals surface area contributed by atoms with E-state index in [9.17, 15) is 14.4 Å². The first-order valence-electron chi connectivity index (χ1n) is 6.66. The number of carbonyl (C=O) groups excluding carboxylic acids is 3. The number of likely N-dealkylation sites (tertiary alicyclic amines) is 1. The number of nitrogens with zero attached hydrogens (tertiary/aromatic N) is 1. The molecule has 0 spiro atoms. The Morgan fingerprint density at radius 3 is 2.55 bits per heavy atom. The number of carbonyl (C=O) groups is 3. The van der Waals surface area contributed by atoms with Gasteiger partial charge in [-0.15, -0.1) is 0 Å². The van der Waals surface area contributed by atoms with Gasteiger partial charge in [-0.25, -0.2) is 4.79 Å². The van der Waals surface area contributed by atoms with Crippen molar-refractivity contribution < 1.29 is 19.1 Å². The minimum atomic E-state index is -0.675. The van der Waals surface area contributed by atoms with Gasteiger partial charge in [0, 0.05) is 6.54 Å². The van der Waals surface area contributed by atoms with Gasteiger partial charge in [0.2, 0.25) is 5.91 Å². The highest BCUT2D eigenvalue weighted by Gasteiger charge is 2.38. The highest BCUT2D eigenvalue weighted by molar-refractivity contribution is 9.09. The summed E-state index contributed by atoms with van der Waals surface area (Å²) < 4.78 is 4.54. The number of methoxy groups -OCH3 is 1. The summed E-state index contributed by atoms with van der Waals surface area (Å²) in [6.07, 6.45) is 0.844. The fraction of sp³-hybridized carbons (Fsp3) is 0.769. The standard InChI is InChI=1S/C13H21BrN2O4/c1-8(2)11(15-13(19)20-3)12(18)16-6-4-5-9(16)10(17)7-14/h8-9,11H,4-7H2,1-3H3,(H,15,19). The predicted octanol–water partition coefficient (Wildman–Crippen LogP) is 1.32. The highest BCUT2D eigenvalue weighted by Crippen LogP contribution is 2.21. The largest absolute Gasteiger partial charge is 0.453 e. The van der Waals surface area contributed by atoms with Crippen molar-refractivity contribution in [1.29, 1.82) is 0 Å². The molecule has 1 N–H and O–H groups in total. The SMILES string of the molecule is COC(=O)NC(C(=O)N1CCCC1C(=O)CBr)C(C)C. The van der Waals surface area contributed by atoms with Crippen LogP contribution in [0.4, 0.5) is 4.79 Å². The van der Waals surface area contributed by atoms with Crippen molar-refractivity contribution in [3.05, 3.63) is 0 Å². The zero-order valence-electron chi connectivity index (χ0n) is 12.0. The molecule has 114 valence electrons. The van der Waals surface area contributed by atoms with Crippen LogP contribution in [0, 0.1) is 5.92 Å². The second-order valence-electron chi connectivity index (χ2n) is 5.15. The lowest BCUT2D eigenvalue weighted by Crippen LogP contribution is -2.53. The Balaban J connectivity index is 2.83. The van der Waals surface area contributed by atoms with Gasteiger partial charge >= 0.3 is 6.09 Å². The van der Waals surface area contributed by atoms with E-state index in [1.807, 2.05) is 13.8 Å². The third-order valence-corrected chi connectivity index (χ3v) is 3.98. The van der Waals surface area contributed by atoms with Crippen LogP contribution in [0.15, 0.2) is 0 Å². The average molecular weight is 349 g/mol. The van der Waals surface area contributed by atoms with Crippen LogP contribution in [-0.4, -0.2) is 53.8 Å². The van der Waals surface area contributed by atoms with Gasteiger partial charge in [-0.1, -0.05) is 29.8 Å². The maximum atomic E-state index is 12.6. The van der Waals surface area contributed by atoms with E-state index in [0.29, 0.717) is 13.0 Å². The summed E-state index contributed by atoms with van der Waals surface area (Å²) in [5.41, 5.74) is 0. The Morgan fingerprint density at radius 1 is 1.40 bits per heavy atom. The molecule has 0 aromatic heterocycles. The number of alkyl carbamates (subject to hydrolysis) is 1. The average Bonchev–Trinajstić information content (AvgIpc) is 2.91. The Labute approximate surface area is 127 Å². The second-order valence-corrected chi connectivity index (χ2v) is 5.71. The van der Waals surface area contributed by atoms with Crippen molar-refractivity contribution in [3.63, 3.8) is 0 Å². The number of alkyl halides is 1. The Kier molecular flexibility index (Phi) is 6.45. The van der Waals surface area contributed by atoms with E-state index < -0.39 is 12.1 Å². The lowest BCUT2D eigenvalue weighted by molar-refractivity contribution is -0.139. The third kappa shape index (κ3) is 3.94. The monoisotopic (exact) mass is 348 g/mol. The maximum Gasteiger partial charge on any atom is 0.407 e. The summed E-state index contributed by atoms with van der Waals surface area (Å²) >= 11 is 3.14. The predicted molar refractivity (Wildman–Crippen MR) is 77.7 cm³/mol. The molecule has 0 bridgehead atoms. The van der Waals surface area contributed by atoms with E-state index in [-0.39, 0.29) is 29.0 Å². The van der Waals surface area contributed by atoms with Gasteiger partial charge in [0.25, 0.3) is 0 Å². The second kappa shape index (κ2) is 7.61. The summed E-state index contributed by atoms with van der Waals surface area (Å²) in [5.74, 6) is -0.305. The molecule has 0 aliphatic carbocycles. The van der Waals surface area contributed by atoms with E-state index in [4.69, 9.17) is 0 Å². The molecule has 6 nitrogen and oxygen atoms in total. The number of ether oxygens (including phenoxy) is 1. The van der Waals surface area contributed by atoms with Gasteiger partial charge in [0.15, 0.2) is 5.78 Å². The molecule has 1 aliphatic heterocycles. The van der Waals surface area contributed by atoms with Gasteiger partial charge in [0.1, 0.15) is 6.04 Å². The number of rotatable bonds is 5. The number of amides is 2. The Bertz CT molecular complexity index is 383. The van der Waals surface area contributed by atoms with Gasteiger partial charge in [-0.2, -0.15) is 0 Å². The van der Waals surface area contributed by atoms with E-state index in [2.05, 4.69) is 26.0 Å². The maximum absolute atomic E-state index is 12.6. The molecule has 2 atom stereocenters. The molecule has 0 aromatic rings. The molecule has 0 aromatic carbocycles. The summed E-state index contributed by atoms with van der Waals surface area (Å²) in [4.78, 5) is 37.3. The van der Waals surface area contributed by atoms with Gasteiger partial charge in [-0.3, -0.25) is 9.59 Å². The summed E-state index contributed by atoms with van der Waals surface area (Å²) in [5, 5.41) is 2.78. The molecule has 2 amide bonds. The van der Waals surface area contributed by atoms with E-state index >= 15 is 0 Å². The molecule has 1 rings (SSSR count). The van der Waals surface area contributed by atoms with Crippen LogP contribution in [0.1, 0.15) is 26.7 Å². The van der Waals surface area contributed by atoms with Crippen LogP contribution < -0.4 is 5.32 Å². The lowest BCUT2D eigenvalue weighted by Gasteiger charge is -2.29. The molecule has 0 radical (unpaired) electrons. The Morgan fingerprint density at radius 2 is 2.05 bits per heavy atom. The third-order valence-electron chi connectivity index (χ3n) is 3.43. The minimum absolute atomic E-state index is 0.00331. The van der Waals surface area contributed by atoms with Crippen molar-refractivity contribution in [2.75, 3.05) is 19.0 Å². The molecule has 1 aliphatic rings. The van der Waals surface area contributed by atoms with Crippen LogP contribution in [0.3, 0.4) is 0 Å². The van der Waals surface area contributed by atoms with Crippen molar-refractivity contribution in [2.45, 2.75) is 38.8 Å². The fourth-order valence-corrected chi connectivity index (χ4v) is 2.71. The Hall–Kier alpha value is -1.11. The van der Waals surface area contributed by atoms with Gasteiger partial charge in [0.05, 0.1) is 18.5 Å². The van der Waals surface area contributed by atoms with Crippen LogP contribution >= 0.6 is 15.9 Å². The molecular formula is C13H21BrN2O4. The van der Waals surface area contributed by atoms with Gasteiger partial charge < -0.3 is 15.0 Å². The number of hydrogen-bond acceptors (Lipinski definition) is 4. The topological polar surface area (TPSA) is 75.7 Å². The molecule has 0 saturated carbocycles. The summed E-state index contributed by atoms with van der Waals surface area (Å²) in [7, 11) is 1.25. The van der Waals surface area contributed by atoms with E-state index in [1.54, 1.807) is 4.90 Å². The fourth-order valence-electron chi connectivity index (χ4n) is 2.33. The zero-order valence-corrected chi connectivity index (χ0v) is 13.6. The lowest BCUT2D eigenvalue weighted by atomic mass is 10.0. The number of halogens is 1. The van der Waals surface area contributed by atoms with Crippen molar-refractivity contribution in [1.82, 2.24) is 10.2 Å². The van der Waals surface area contributed by atoms with E-state index in [1.165, 1.54) is 7.11 Å². The van der Waals surface area contributed by atoms with Crippen molar-refractivity contribution >= 4 is 33.7 Å². The molecule has 1 fully saturated rings. The molecule has 1 saturated heterocycles. The number of hydrogen-bond donors (Lipinski definition) is 1. The minimum Gasteiger partial charge on any atom is -0.453 e. The van der Waals surface area contributed by atoms with E-state index in [0.717, 1.165) is 6.42 Å². The number of nitrogens with one attached hydrogen (secondary N) is 1. The quantitative estimate of drug-likeness (QED) is 0.760. The van der Waals surface area contributed by atoms with Crippen LogP contribution in [0.2, 0.25) is 0 Å². The summed E-state index contributed by atoms with van der Waals surface area (Å²) in [6.45, 7) is 4.24. The van der Waals surface area contributed by atoms with Crippen LogP contribution in [0.25, 0.3) is 0 Å². The number of Topliss-reactive ketones (excluding diaryl/α,β-unsaturated/α-hetero) is 1. The van der Waals surface area contributed by atoms with Gasteiger partial charge in [-0.05, 0) is 18.8 Å². The highest BCUT2D eigenvalue weighted by atomic mass is 79.9. The normalized spacial score (nSPS) is 19.9. The first-order valence-corrected chi connectivity index (χ1v) is 7.78. The van der Waals surface area contributed by atoms with Crippen LogP contribution in [-0.2, 0) is 14.3 Å². The van der Waals surface area contributed by atoms with Crippen molar-refractivity contribution in [2.24, 2.45) is 5.92 Å². The molecule has 7 heteroatoms. The number of ketones is 1. The molecule has 1 heterocycles. The smallest absolute Gasteiger partial charge is 0.407 e. The first kappa shape index (κ1) is 16.9.